The molecule has 6 aliphatic carbocycles. The van der Waals surface area contributed by atoms with Gasteiger partial charge >= 0.3 is 11.9 Å². The van der Waals surface area contributed by atoms with Gasteiger partial charge in [-0.15, -0.1) is 0 Å². The Morgan fingerprint density at radius 3 is 2.34 bits per heavy atom. The Labute approximate surface area is 346 Å². The summed E-state index contributed by atoms with van der Waals surface area (Å²) in [6, 6.07) is 4.00. The maximum absolute atomic E-state index is 15.6. The van der Waals surface area contributed by atoms with Gasteiger partial charge in [0, 0.05) is 29.9 Å². The van der Waals surface area contributed by atoms with Crippen LogP contribution in [0.5, 0.6) is 0 Å². The molecule has 9 nitrogen and oxygen atoms in total. The number of esters is 1. The summed E-state index contributed by atoms with van der Waals surface area (Å²) in [7, 11) is 0. The van der Waals surface area contributed by atoms with E-state index in [0.29, 0.717) is 40.9 Å². The summed E-state index contributed by atoms with van der Waals surface area (Å²) in [5.41, 5.74) is 1.10. The Bertz CT molecular complexity index is 1950. The van der Waals surface area contributed by atoms with Crippen LogP contribution >= 0.6 is 0 Å². The molecule has 1 unspecified atom stereocenters. The van der Waals surface area contributed by atoms with Crippen LogP contribution in [-0.4, -0.2) is 55.5 Å². The quantitative estimate of drug-likeness (QED) is 0.255. The van der Waals surface area contributed by atoms with Gasteiger partial charge in [0.15, 0.2) is 0 Å². The monoisotopic (exact) mass is 795 g/mol. The SMILES string of the molecule is CC(C)(CC(=O)O[C@H]1CC[C@]2(C)[C@H]3CC[C@@H]4[C@H]5C(C6(C)CC6)CC[C@]5(C(=O)N5CCC[C@H]5c5ncc(-c6cccnc6)[nH]5)CC[C@@]4(C)[C@]3(C)CC[C@H]2C1(C)C)C(=O)O. The van der Waals surface area contributed by atoms with Crippen LogP contribution < -0.4 is 0 Å². The smallest absolute Gasteiger partial charge is 0.309 e. The van der Waals surface area contributed by atoms with Gasteiger partial charge in [0.25, 0.3) is 0 Å². The topological polar surface area (TPSA) is 125 Å². The van der Waals surface area contributed by atoms with Crippen LogP contribution in [0.2, 0.25) is 0 Å². The number of rotatable bonds is 8. The largest absolute Gasteiger partial charge is 0.481 e. The molecule has 7 fully saturated rings. The van der Waals surface area contributed by atoms with Gasteiger partial charge in [-0.3, -0.25) is 19.4 Å². The van der Waals surface area contributed by atoms with Gasteiger partial charge in [-0.05, 0) is 167 Å². The van der Waals surface area contributed by atoms with E-state index in [4.69, 9.17) is 9.72 Å². The average Bonchev–Trinajstić information content (AvgIpc) is 3.56. The Morgan fingerprint density at radius 2 is 1.64 bits per heavy atom. The van der Waals surface area contributed by atoms with E-state index in [1.54, 1.807) is 20.0 Å². The van der Waals surface area contributed by atoms with Crippen molar-refractivity contribution in [3.8, 4) is 11.3 Å². The molecular formula is C49H70N4O5. The minimum atomic E-state index is -1.15. The second-order valence-electron chi connectivity index (χ2n) is 22.9. The van der Waals surface area contributed by atoms with E-state index in [2.05, 4.69) is 62.5 Å². The summed E-state index contributed by atoms with van der Waals surface area (Å²) in [5.74, 6) is 2.51. The molecule has 0 spiro atoms. The zero-order valence-corrected chi connectivity index (χ0v) is 36.7. The van der Waals surface area contributed by atoms with Gasteiger partial charge in [0.05, 0.1) is 35.2 Å². The zero-order chi connectivity index (χ0) is 41.3. The molecule has 9 rings (SSSR count). The van der Waals surface area contributed by atoms with Gasteiger partial charge in [-0.1, -0.05) is 41.5 Å². The number of nitrogens with zero attached hydrogens (tertiary/aromatic N) is 3. The van der Waals surface area contributed by atoms with Crippen molar-refractivity contribution in [2.45, 2.75) is 164 Å². The minimum absolute atomic E-state index is 0.0123. The number of hydrogen-bond donors (Lipinski definition) is 2. The molecule has 316 valence electrons. The fourth-order valence-electron chi connectivity index (χ4n) is 15.9. The summed E-state index contributed by atoms with van der Waals surface area (Å²) in [6.45, 7) is 19.1. The normalized spacial score (nSPS) is 41.1. The predicted octanol–water partition coefficient (Wildman–Crippen LogP) is 10.4. The zero-order valence-electron chi connectivity index (χ0n) is 36.7. The Balaban J connectivity index is 0.991. The number of amides is 1. The number of carbonyl (C=O) groups excluding carboxylic acids is 2. The highest BCUT2D eigenvalue weighted by Gasteiger charge is 2.74. The molecule has 6 saturated carbocycles. The number of pyridine rings is 1. The maximum Gasteiger partial charge on any atom is 0.309 e. The number of aromatic amines is 1. The molecule has 2 N–H and O–H groups in total. The number of hydrogen-bond acceptors (Lipinski definition) is 6. The van der Waals surface area contributed by atoms with Crippen LogP contribution in [0.1, 0.15) is 164 Å². The molecule has 0 radical (unpaired) electrons. The van der Waals surface area contributed by atoms with Crippen LogP contribution in [0.3, 0.4) is 0 Å². The van der Waals surface area contributed by atoms with Gasteiger partial charge in [0.2, 0.25) is 5.91 Å². The van der Waals surface area contributed by atoms with Gasteiger partial charge in [-0.25, -0.2) is 4.98 Å². The molecule has 2 aromatic rings. The third-order valence-electron chi connectivity index (χ3n) is 19.6. The van der Waals surface area contributed by atoms with Crippen molar-refractivity contribution in [3.05, 3.63) is 36.5 Å². The fraction of sp³-hybridized carbons (Fsp3) is 0.776. The highest BCUT2D eigenvalue weighted by molar-refractivity contribution is 5.85. The number of fused-ring (bicyclic) bond motifs is 7. The van der Waals surface area contributed by atoms with E-state index in [0.717, 1.165) is 75.0 Å². The van der Waals surface area contributed by atoms with Gasteiger partial charge in [-0.2, -0.15) is 0 Å². The summed E-state index contributed by atoms with van der Waals surface area (Å²) in [5, 5.41) is 9.68. The lowest BCUT2D eigenvalue weighted by atomic mass is 9.32. The molecule has 1 aliphatic heterocycles. The Kier molecular flexibility index (Phi) is 9.27. The Morgan fingerprint density at radius 1 is 0.862 bits per heavy atom. The number of carboxylic acids is 1. The molecule has 58 heavy (non-hydrogen) atoms. The van der Waals surface area contributed by atoms with Crippen molar-refractivity contribution < 1.29 is 24.2 Å². The number of carbonyl (C=O) groups is 3. The fourth-order valence-corrected chi connectivity index (χ4v) is 15.9. The average molecular weight is 795 g/mol. The van der Waals surface area contributed by atoms with Crippen LogP contribution in [0.4, 0.5) is 0 Å². The first-order valence-corrected chi connectivity index (χ1v) is 23.0. The Hall–Kier alpha value is -3.23. The lowest BCUT2D eigenvalue weighted by Crippen LogP contribution is -2.67. The molecule has 7 aliphatic rings. The second kappa shape index (κ2) is 13.4. The van der Waals surface area contributed by atoms with Crippen molar-refractivity contribution in [2.24, 2.45) is 67.5 Å². The molecule has 1 saturated heterocycles. The summed E-state index contributed by atoms with van der Waals surface area (Å²) in [6.07, 6.45) is 20.7. The molecule has 0 bridgehead atoms. The van der Waals surface area contributed by atoms with Crippen molar-refractivity contribution in [1.82, 2.24) is 19.9 Å². The molecule has 2 aromatic heterocycles. The first kappa shape index (κ1) is 40.2. The van der Waals surface area contributed by atoms with Crippen LogP contribution in [0.25, 0.3) is 11.3 Å². The summed E-state index contributed by atoms with van der Waals surface area (Å²) >= 11 is 0. The van der Waals surface area contributed by atoms with E-state index in [-0.39, 0.29) is 45.6 Å². The predicted molar refractivity (Wildman–Crippen MR) is 223 cm³/mol. The third kappa shape index (κ3) is 5.75. The van der Waals surface area contributed by atoms with E-state index < -0.39 is 17.4 Å². The number of H-pyrrole nitrogens is 1. The van der Waals surface area contributed by atoms with Crippen molar-refractivity contribution in [2.75, 3.05) is 6.54 Å². The lowest BCUT2D eigenvalue weighted by molar-refractivity contribution is -0.251. The number of imidazole rings is 1. The first-order valence-electron chi connectivity index (χ1n) is 23.0. The molecule has 3 heterocycles. The number of aliphatic carboxylic acids is 1. The molecule has 1 amide bonds. The first-order chi connectivity index (χ1) is 27.3. The highest BCUT2D eigenvalue weighted by atomic mass is 16.5. The third-order valence-corrected chi connectivity index (χ3v) is 19.6. The van der Waals surface area contributed by atoms with E-state index in [1.165, 1.54) is 38.5 Å². The molecular weight excluding hydrogens is 725 g/mol. The van der Waals surface area contributed by atoms with E-state index in [9.17, 15) is 14.7 Å². The number of aromatic nitrogens is 3. The molecule has 0 aromatic carbocycles. The lowest BCUT2D eigenvalue weighted by Gasteiger charge is -2.73. The maximum atomic E-state index is 15.6. The van der Waals surface area contributed by atoms with Gasteiger partial charge in [0.1, 0.15) is 11.9 Å². The van der Waals surface area contributed by atoms with Crippen molar-refractivity contribution in [3.63, 3.8) is 0 Å². The standard InChI is InChI=1S/C49H70N4O5/c1-43(2,42(56)57)27-38(54)58-37-17-18-46(6)35(44(37,3)4)16-19-48(8)36(46)14-13-32-39-31(45(5)21-22-45)15-20-49(39,24-23-47(32,48)7)41(55)53-26-10-12-34(53)40-51-29-33(52-40)30-11-9-25-50-28-30/h9,11,25,28-29,31-32,34-37,39H,10,12-24,26-27H2,1-8H3,(H,51,52)(H,56,57)/t31?,32-,34+,35+,36-,37+,39-,46+,47-,48-,49+/m1/s1. The highest BCUT2D eigenvalue weighted by Crippen LogP contribution is 2.79. The number of likely N-dealkylation sites (tertiary alicyclic amines) is 1. The second-order valence-corrected chi connectivity index (χ2v) is 22.9. The number of carboxylic acid groups (broad SMARTS) is 1. The summed E-state index contributed by atoms with van der Waals surface area (Å²) in [4.78, 5) is 55.8. The number of nitrogens with one attached hydrogen (secondary N) is 1. The van der Waals surface area contributed by atoms with Gasteiger partial charge < -0.3 is 19.7 Å². The number of ether oxygens (including phenoxy) is 1. The van der Waals surface area contributed by atoms with Crippen LogP contribution in [0.15, 0.2) is 30.7 Å². The van der Waals surface area contributed by atoms with Crippen LogP contribution in [0, 0.1) is 67.5 Å². The van der Waals surface area contributed by atoms with Crippen molar-refractivity contribution in [1.29, 1.82) is 0 Å². The molecule has 11 atom stereocenters. The van der Waals surface area contributed by atoms with E-state index >= 15 is 4.79 Å². The minimum Gasteiger partial charge on any atom is -0.481 e. The molecule has 9 heteroatoms. The van der Waals surface area contributed by atoms with E-state index in [1.807, 2.05) is 18.5 Å². The van der Waals surface area contributed by atoms with Crippen molar-refractivity contribution >= 4 is 17.8 Å². The van der Waals surface area contributed by atoms with Crippen LogP contribution in [-0.2, 0) is 19.1 Å². The summed E-state index contributed by atoms with van der Waals surface area (Å²) < 4.78 is 6.24.